The second-order valence-corrected chi connectivity index (χ2v) is 6.34. The first-order chi connectivity index (χ1) is 10.2. The summed E-state index contributed by atoms with van der Waals surface area (Å²) < 4.78 is 0. The molecule has 2 aliphatic heterocycles. The van der Waals surface area contributed by atoms with Crippen LogP contribution in [-0.2, 0) is 0 Å². The molecule has 114 valence electrons. The summed E-state index contributed by atoms with van der Waals surface area (Å²) in [6.45, 7) is 1.92. The largest absolute Gasteiger partial charge is 0.322 e. The Balaban J connectivity index is 1.68. The molecular weight excluding hydrogens is 286 g/mol. The molecule has 2 heterocycles. The van der Waals surface area contributed by atoms with E-state index >= 15 is 0 Å². The van der Waals surface area contributed by atoms with Gasteiger partial charge in [0, 0.05) is 29.3 Å². The SMILES string of the molecule is O=C(Nc1cccc(Cl)c1)N1CCCCC1C1CCCN1. The Kier molecular flexibility index (Phi) is 4.66. The second-order valence-electron chi connectivity index (χ2n) is 5.90. The van der Waals surface area contributed by atoms with Gasteiger partial charge in [-0.15, -0.1) is 0 Å². The Morgan fingerprint density at radius 2 is 2.19 bits per heavy atom. The highest BCUT2D eigenvalue weighted by molar-refractivity contribution is 6.30. The maximum atomic E-state index is 12.6. The molecule has 0 radical (unpaired) electrons. The number of hydrogen-bond donors (Lipinski definition) is 2. The average Bonchev–Trinajstić information content (AvgIpc) is 3.01. The van der Waals surface area contributed by atoms with Gasteiger partial charge in [0.25, 0.3) is 0 Å². The Morgan fingerprint density at radius 3 is 2.95 bits per heavy atom. The van der Waals surface area contributed by atoms with E-state index in [9.17, 15) is 4.79 Å². The quantitative estimate of drug-likeness (QED) is 0.878. The summed E-state index contributed by atoms with van der Waals surface area (Å²) in [5.74, 6) is 0. The molecule has 0 saturated carbocycles. The van der Waals surface area contributed by atoms with Gasteiger partial charge < -0.3 is 15.5 Å². The van der Waals surface area contributed by atoms with Crippen molar-refractivity contribution in [3.63, 3.8) is 0 Å². The number of urea groups is 1. The number of hydrogen-bond acceptors (Lipinski definition) is 2. The first-order valence-corrected chi connectivity index (χ1v) is 8.18. The number of anilines is 1. The summed E-state index contributed by atoms with van der Waals surface area (Å²) in [4.78, 5) is 14.6. The van der Waals surface area contributed by atoms with Crippen molar-refractivity contribution in [1.82, 2.24) is 10.2 Å². The number of carbonyl (C=O) groups excluding carboxylic acids is 1. The lowest BCUT2D eigenvalue weighted by Crippen LogP contribution is -2.53. The van der Waals surface area contributed by atoms with Crippen LogP contribution in [0, 0.1) is 0 Å². The number of benzene rings is 1. The fourth-order valence-corrected chi connectivity index (χ4v) is 3.62. The van der Waals surface area contributed by atoms with Crippen molar-refractivity contribution >= 4 is 23.3 Å². The zero-order chi connectivity index (χ0) is 14.7. The highest BCUT2D eigenvalue weighted by atomic mass is 35.5. The molecule has 2 aliphatic rings. The third-order valence-corrected chi connectivity index (χ3v) is 4.68. The van der Waals surface area contributed by atoms with Gasteiger partial charge in [-0.2, -0.15) is 0 Å². The molecule has 21 heavy (non-hydrogen) atoms. The average molecular weight is 308 g/mol. The molecule has 2 fully saturated rings. The summed E-state index contributed by atoms with van der Waals surface area (Å²) in [7, 11) is 0. The predicted molar refractivity (Wildman–Crippen MR) is 85.8 cm³/mol. The van der Waals surface area contributed by atoms with E-state index in [1.807, 2.05) is 23.1 Å². The van der Waals surface area contributed by atoms with Crippen LogP contribution in [-0.4, -0.2) is 36.1 Å². The van der Waals surface area contributed by atoms with Gasteiger partial charge in [-0.1, -0.05) is 17.7 Å². The van der Waals surface area contributed by atoms with E-state index in [0.29, 0.717) is 17.1 Å². The molecule has 1 aromatic rings. The Morgan fingerprint density at radius 1 is 1.29 bits per heavy atom. The van der Waals surface area contributed by atoms with Crippen LogP contribution in [0.25, 0.3) is 0 Å². The number of carbonyl (C=O) groups is 1. The van der Waals surface area contributed by atoms with Gasteiger partial charge in [0.05, 0.1) is 0 Å². The molecule has 3 rings (SSSR count). The minimum absolute atomic E-state index is 0.00401. The van der Waals surface area contributed by atoms with Crippen LogP contribution in [0.1, 0.15) is 32.1 Å². The van der Waals surface area contributed by atoms with E-state index in [1.54, 1.807) is 6.07 Å². The first kappa shape index (κ1) is 14.7. The van der Waals surface area contributed by atoms with Gasteiger partial charge in [0.1, 0.15) is 0 Å². The van der Waals surface area contributed by atoms with E-state index < -0.39 is 0 Å². The molecule has 2 amide bonds. The molecule has 2 saturated heterocycles. The van der Waals surface area contributed by atoms with Gasteiger partial charge >= 0.3 is 6.03 Å². The molecule has 0 spiro atoms. The molecule has 4 nitrogen and oxygen atoms in total. The zero-order valence-corrected chi connectivity index (χ0v) is 12.9. The first-order valence-electron chi connectivity index (χ1n) is 7.80. The molecule has 0 bridgehead atoms. The lowest BCUT2D eigenvalue weighted by atomic mass is 9.95. The van der Waals surface area contributed by atoms with Crippen LogP contribution in [0.3, 0.4) is 0 Å². The summed E-state index contributed by atoms with van der Waals surface area (Å²) in [5, 5.41) is 7.16. The van der Waals surface area contributed by atoms with Crippen molar-refractivity contribution in [2.24, 2.45) is 0 Å². The molecule has 1 aromatic carbocycles. The topological polar surface area (TPSA) is 44.4 Å². The second kappa shape index (κ2) is 6.67. The normalized spacial score (nSPS) is 25.9. The number of nitrogens with one attached hydrogen (secondary N) is 2. The molecule has 0 aromatic heterocycles. The van der Waals surface area contributed by atoms with Crippen molar-refractivity contribution in [2.75, 3.05) is 18.4 Å². The van der Waals surface area contributed by atoms with Gasteiger partial charge in [-0.3, -0.25) is 0 Å². The summed E-state index contributed by atoms with van der Waals surface area (Å²) in [6.07, 6.45) is 5.78. The summed E-state index contributed by atoms with van der Waals surface area (Å²) in [5.41, 5.74) is 0.760. The fraction of sp³-hybridized carbons (Fsp3) is 0.562. The van der Waals surface area contributed by atoms with Crippen LogP contribution < -0.4 is 10.6 Å². The number of piperidine rings is 1. The molecule has 2 unspecified atom stereocenters. The van der Waals surface area contributed by atoms with E-state index in [2.05, 4.69) is 10.6 Å². The molecule has 5 heteroatoms. The molecule has 2 N–H and O–H groups in total. The Hall–Kier alpha value is -1.26. The van der Waals surface area contributed by atoms with Gasteiger partial charge in [0.2, 0.25) is 0 Å². The highest BCUT2D eigenvalue weighted by Gasteiger charge is 2.34. The van der Waals surface area contributed by atoms with Gasteiger partial charge in [0.15, 0.2) is 0 Å². The van der Waals surface area contributed by atoms with Crippen LogP contribution in [0.5, 0.6) is 0 Å². The van der Waals surface area contributed by atoms with Crippen LogP contribution >= 0.6 is 11.6 Å². The van der Waals surface area contributed by atoms with Crippen LogP contribution in [0.15, 0.2) is 24.3 Å². The number of amides is 2. The fourth-order valence-electron chi connectivity index (χ4n) is 3.43. The molecule has 0 aliphatic carbocycles. The highest BCUT2D eigenvalue weighted by Crippen LogP contribution is 2.25. The number of halogens is 1. The van der Waals surface area contributed by atoms with E-state index in [-0.39, 0.29) is 6.03 Å². The third kappa shape index (κ3) is 3.50. The van der Waals surface area contributed by atoms with Crippen molar-refractivity contribution in [2.45, 2.75) is 44.2 Å². The monoisotopic (exact) mass is 307 g/mol. The van der Waals surface area contributed by atoms with Crippen molar-refractivity contribution in [1.29, 1.82) is 0 Å². The zero-order valence-electron chi connectivity index (χ0n) is 12.1. The summed E-state index contributed by atoms with van der Waals surface area (Å²) >= 11 is 5.97. The number of likely N-dealkylation sites (tertiary alicyclic amines) is 1. The lowest BCUT2D eigenvalue weighted by molar-refractivity contribution is 0.143. The Labute approximate surface area is 130 Å². The van der Waals surface area contributed by atoms with Crippen LogP contribution in [0.4, 0.5) is 10.5 Å². The molecular formula is C16H22ClN3O. The minimum atomic E-state index is -0.00401. The minimum Gasteiger partial charge on any atom is -0.320 e. The Bertz CT molecular complexity index is 502. The predicted octanol–water partition coefficient (Wildman–Crippen LogP) is 3.48. The summed E-state index contributed by atoms with van der Waals surface area (Å²) in [6, 6.07) is 8.09. The smallest absolute Gasteiger partial charge is 0.320 e. The van der Waals surface area contributed by atoms with E-state index in [1.165, 1.54) is 19.3 Å². The third-order valence-electron chi connectivity index (χ3n) is 4.45. The number of nitrogens with zero attached hydrogens (tertiary/aromatic N) is 1. The van der Waals surface area contributed by atoms with Crippen molar-refractivity contribution < 1.29 is 4.79 Å². The maximum Gasteiger partial charge on any atom is 0.322 e. The number of rotatable bonds is 2. The maximum absolute atomic E-state index is 12.6. The van der Waals surface area contributed by atoms with Gasteiger partial charge in [-0.05, 0) is 56.8 Å². The van der Waals surface area contributed by atoms with Crippen molar-refractivity contribution in [3.05, 3.63) is 29.3 Å². The van der Waals surface area contributed by atoms with Gasteiger partial charge in [-0.25, -0.2) is 4.79 Å². The standard InChI is InChI=1S/C16H22ClN3O/c17-12-5-3-6-13(11-12)19-16(21)20-10-2-1-8-15(20)14-7-4-9-18-14/h3,5-6,11,14-15,18H,1-2,4,7-10H2,(H,19,21). The van der Waals surface area contributed by atoms with Crippen molar-refractivity contribution in [3.8, 4) is 0 Å². The molecule has 2 atom stereocenters. The van der Waals surface area contributed by atoms with Crippen LogP contribution in [0.2, 0.25) is 5.02 Å². The van der Waals surface area contributed by atoms with E-state index in [4.69, 9.17) is 11.6 Å². The lowest BCUT2D eigenvalue weighted by Gasteiger charge is -2.39. The van der Waals surface area contributed by atoms with E-state index in [0.717, 1.165) is 31.6 Å².